The number of aromatic nitrogens is 1. The number of carboxylic acid groups (broad SMARTS) is 1. The van der Waals surface area contributed by atoms with Crippen molar-refractivity contribution >= 4 is 34.4 Å². The highest BCUT2D eigenvalue weighted by Crippen LogP contribution is 2.17. The average molecular weight is 355 g/mol. The van der Waals surface area contributed by atoms with E-state index in [0.717, 1.165) is 5.56 Å². The van der Waals surface area contributed by atoms with E-state index in [2.05, 4.69) is 10.3 Å². The Morgan fingerprint density at radius 3 is 2.68 bits per heavy atom. The maximum absolute atomic E-state index is 12.6. The molecule has 3 rings (SSSR count). The Labute approximate surface area is 149 Å². The van der Waals surface area contributed by atoms with Crippen LogP contribution in [0.15, 0.2) is 60.8 Å². The van der Waals surface area contributed by atoms with Crippen molar-refractivity contribution in [3.63, 3.8) is 0 Å². The predicted molar refractivity (Wildman–Crippen MR) is 95.8 cm³/mol. The number of rotatable bonds is 5. The van der Waals surface area contributed by atoms with E-state index in [1.54, 1.807) is 48.5 Å². The topological polar surface area (TPSA) is 79.3 Å². The normalized spacial score (nSPS) is 11.9. The number of aliphatic carboxylic acids is 1. The Kier molecular flexibility index (Phi) is 4.95. The van der Waals surface area contributed by atoms with Crippen LogP contribution in [0, 0.1) is 0 Å². The molecule has 6 heteroatoms. The number of para-hydroxylation sites is 1. The molecule has 0 saturated heterocycles. The molecule has 0 aliphatic heterocycles. The van der Waals surface area contributed by atoms with E-state index in [0.29, 0.717) is 21.5 Å². The van der Waals surface area contributed by atoms with E-state index in [4.69, 9.17) is 11.6 Å². The van der Waals surface area contributed by atoms with Crippen LogP contribution in [0.1, 0.15) is 15.9 Å². The first-order valence-electron chi connectivity index (χ1n) is 7.66. The van der Waals surface area contributed by atoms with Crippen molar-refractivity contribution < 1.29 is 14.7 Å². The second-order valence-corrected chi connectivity index (χ2v) is 6.01. The number of nitrogens with one attached hydrogen (secondary N) is 1. The second kappa shape index (κ2) is 7.32. The van der Waals surface area contributed by atoms with Crippen molar-refractivity contribution in [3.8, 4) is 0 Å². The molecule has 0 saturated carbocycles. The molecule has 2 N–H and O–H groups in total. The van der Waals surface area contributed by atoms with E-state index in [1.165, 1.54) is 6.20 Å². The fourth-order valence-corrected chi connectivity index (χ4v) is 2.84. The van der Waals surface area contributed by atoms with Crippen LogP contribution < -0.4 is 5.32 Å². The number of nitrogens with zero attached hydrogens (tertiary/aromatic N) is 1. The minimum Gasteiger partial charge on any atom is -0.480 e. The van der Waals surface area contributed by atoms with Gasteiger partial charge >= 0.3 is 5.97 Å². The monoisotopic (exact) mass is 354 g/mol. The van der Waals surface area contributed by atoms with Gasteiger partial charge in [0.25, 0.3) is 5.91 Å². The largest absolute Gasteiger partial charge is 0.480 e. The summed E-state index contributed by atoms with van der Waals surface area (Å²) in [6, 6.07) is 14.7. The molecular formula is C19H15ClN2O3. The van der Waals surface area contributed by atoms with Gasteiger partial charge in [0.2, 0.25) is 0 Å². The summed E-state index contributed by atoms with van der Waals surface area (Å²) in [5.74, 6) is -1.56. The number of carbonyl (C=O) groups excluding carboxylic acids is 1. The quantitative estimate of drug-likeness (QED) is 0.736. The zero-order valence-corrected chi connectivity index (χ0v) is 13.9. The maximum Gasteiger partial charge on any atom is 0.326 e. The summed E-state index contributed by atoms with van der Waals surface area (Å²) in [7, 11) is 0. The Bertz CT molecular complexity index is 937. The molecular weight excluding hydrogens is 340 g/mol. The Balaban J connectivity index is 1.84. The van der Waals surface area contributed by atoms with Crippen molar-refractivity contribution in [3.05, 3.63) is 76.9 Å². The first-order chi connectivity index (χ1) is 12.0. The molecule has 0 radical (unpaired) electrons. The third-order valence-corrected chi connectivity index (χ3v) is 4.06. The van der Waals surface area contributed by atoms with Crippen LogP contribution in [0.3, 0.4) is 0 Å². The van der Waals surface area contributed by atoms with Gasteiger partial charge in [-0.05, 0) is 29.8 Å². The van der Waals surface area contributed by atoms with Crippen molar-refractivity contribution in [2.45, 2.75) is 12.5 Å². The van der Waals surface area contributed by atoms with Gasteiger partial charge in [-0.2, -0.15) is 0 Å². The smallest absolute Gasteiger partial charge is 0.326 e. The summed E-state index contributed by atoms with van der Waals surface area (Å²) in [5.41, 5.74) is 1.81. The molecule has 0 unspecified atom stereocenters. The molecule has 0 aliphatic rings. The number of benzene rings is 2. The van der Waals surface area contributed by atoms with Crippen LogP contribution in [-0.2, 0) is 11.2 Å². The highest BCUT2D eigenvalue weighted by Gasteiger charge is 2.22. The number of halogens is 1. The standard InChI is InChI=1S/C19H15ClN2O3/c20-13-5-3-4-12(10-13)11-17(19(24)25)22-18(23)15-8-9-21-16-7-2-1-6-14(15)16/h1-10,17H,11H2,(H,22,23)(H,24,25)/t17-/m1/s1. The summed E-state index contributed by atoms with van der Waals surface area (Å²) >= 11 is 5.93. The molecule has 2 aromatic carbocycles. The lowest BCUT2D eigenvalue weighted by atomic mass is 10.0. The van der Waals surface area contributed by atoms with E-state index in [1.807, 2.05) is 6.07 Å². The molecule has 0 fully saturated rings. The number of carbonyl (C=O) groups is 2. The van der Waals surface area contributed by atoms with Gasteiger partial charge in [-0.25, -0.2) is 4.79 Å². The summed E-state index contributed by atoms with van der Waals surface area (Å²) in [5, 5.41) is 13.2. The lowest BCUT2D eigenvalue weighted by Crippen LogP contribution is -2.42. The summed E-state index contributed by atoms with van der Waals surface area (Å²) < 4.78 is 0. The fraction of sp³-hybridized carbons (Fsp3) is 0.105. The van der Waals surface area contributed by atoms with Gasteiger partial charge in [-0.1, -0.05) is 41.9 Å². The lowest BCUT2D eigenvalue weighted by Gasteiger charge is -2.15. The number of hydrogen-bond donors (Lipinski definition) is 2. The van der Waals surface area contributed by atoms with Gasteiger partial charge in [-0.15, -0.1) is 0 Å². The van der Waals surface area contributed by atoms with E-state index >= 15 is 0 Å². The molecule has 1 amide bonds. The first-order valence-corrected chi connectivity index (χ1v) is 8.04. The molecule has 126 valence electrons. The summed E-state index contributed by atoms with van der Waals surface area (Å²) in [4.78, 5) is 28.4. The Morgan fingerprint density at radius 2 is 1.92 bits per heavy atom. The molecule has 1 aromatic heterocycles. The second-order valence-electron chi connectivity index (χ2n) is 5.57. The Morgan fingerprint density at radius 1 is 1.12 bits per heavy atom. The SMILES string of the molecule is O=C(N[C@H](Cc1cccc(Cl)c1)C(=O)O)c1ccnc2ccccc12. The van der Waals surface area contributed by atoms with Crippen molar-refractivity contribution in [1.29, 1.82) is 0 Å². The van der Waals surface area contributed by atoms with Crippen LogP contribution in [-0.4, -0.2) is 28.0 Å². The average Bonchev–Trinajstić information content (AvgIpc) is 2.60. The molecule has 0 spiro atoms. The zero-order chi connectivity index (χ0) is 17.8. The third-order valence-electron chi connectivity index (χ3n) is 3.83. The summed E-state index contributed by atoms with van der Waals surface area (Å²) in [6.45, 7) is 0. The van der Waals surface area contributed by atoms with Gasteiger partial charge < -0.3 is 10.4 Å². The maximum atomic E-state index is 12.6. The third kappa shape index (κ3) is 3.95. The van der Waals surface area contributed by atoms with E-state index < -0.39 is 17.9 Å². The van der Waals surface area contributed by atoms with E-state index in [-0.39, 0.29) is 6.42 Å². The summed E-state index contributed by atoms with van der Waals surface area (Å²) in [6.07, 6.45) is 1.68. The molecule has 0 aliphatic carbocycles. The highest BCUT2D eigenvalue weighted by molar-refractivity contribution is 6.30. The number of carboxylic acids is 1. The number of amides is 1. The van der Waals surface area contributed by atoms with Crippen molar-refractivity contribution in [2.24, 2.45) is 0 Å². The highest BCUT2D eigenvalue weighted by atomic mass is 35.5. The van der Waals surface area contributed by atoms with Crippen LogP contribution in [0.4, 0.5) is 0 Å². The Hall–Kier alpha value is -2.92. The first kappa shape index (κ1) is 16.9. The molecule has 3 aromatic rings. The molecule has 0 bridgehead atoms. The number of pyridine rings is 1. The van der Waals surface area contributed by atoms with Crippen LogP contribution in [0.25, 0.3) is 10.9 Å². The van der Waals surface area contributed by atoms with Crippen molar-refractivity contribution in [2.75, 3.05) is 0 Å². The molecule has 1 heterocycles. The zero-order valence-electron chi connectivity index (χ0n) is 13.1. The van der Waals surface area contributed by atoms with Crippen LogP contribution in [0.2, 0.25) is 5.02 Å². The van der Waals surface area contributed by atoms with Gasteiger partial charge in [0.05, 0.1) is 11.1 Å². The molecule has 5 nitrogen and oxygen atoms in total. The van der Waals surface area contributed by atoms with Gasteiger partial charge in [0.15, 0.2) is 0 Å². The fourth-order valence-electron chi connectivity index (χ4n) is 2.63. The van der Waals surface area contributed by atoms with Crippen LogP contribution >= 0.6 is 11.6 Å². The predicted octanol–water partition coefficient (Wildman–Crippen LogP) is 3.31. The van der Waals surface area contributed by atoms with Gasteiger partial charge in [-0.3, -0.25) is 9.78 Å². The van der Waals surface area contributed by atoms with Gasteiger partial charge in [0, 0.05) is 23.0 Å². The van der Waals surface area contributed by atoms with Gasteiger partial charge in [0.1, 0.15) is 6.04 Å². The minimum absolute atomic E-state index is 0.144. The molecule has 1 atom stereocenters. The number of fused-ring (bicyclic) bond motifs is 1. The van der Waals surface area contributed by atoms with Crippen LogP contribution in [0.5, 0.6) is 0 Å². The minimum atomic E-state index is -1.10. The lowest BCUT2D eigenvalue weighted by molar-refractivity contribution is -0.139. The van der Waals surface area contributed by atoms with Crippen molar-refractivity contribution in [1.82, 2.24) is 10.3 Å². The number of hydrogen-bond acceptors (Lipinski definition) is 3. The molecule has 25 heavy (non-hydrogen) atoms. The van der Waals surface area contributed by atoms with E-state index in [9.17, 15) is 14.7 Å².